The summed E-state index contributed by atoms with van der Waals surface area (Å²) in [4.78, 5) is 8.54. The van der Waals surface area contributed by atoms with Crippen molar-refractivity contribution in [1.29, 1.82) is 0 Å². The average molecular weight is 310 g/mol. The lowest BCUT2D eigenvalue weighted by molar-refractivity contribution is 0.603. The van der Waals surface area contributed by atoms with Gasteiger partial charge in [-0.3, -0.25) is 0 Å². The van der Waals surface area contributed by atoms with Crippen LogP contribution in [0.2, 0.25) is 0 Å². The largest absolute Gasteiger partial charge is 0.236 e. The van der Waals surface area contributed by atoms with E-state index >= 15 is 0 Å². The zero-order valence-corrected chi connectivity index (χ0v) is 13.5. The van der Waals surface area contributed by atoms with E-state index in [9.17, 15) is 8.42 Å². The van der Waals surface area contributed by atoms with Crippen molar-refractivity contribution in [3.8, 4) is 0 Å². The summed E-state index contributed by atoms with van der Waals surface area (Å²) < 4.78 is 22.4. The molecular formula is C14H18N2O2S2. The van der Waals surface area contributed by atoms with E-state index in [2.05, 4.69) is 35.9 Å². The maximum absolute atomic E-state index is 11.2. The van der Waals surface area contributed by atoms with E-state index in [0.29, 0.717) is 11.7 Å². The third-order valence-corrected chi connectivity index (χ3v) is 5.19. The fourth-order valence-corrected chi connectivity index (χ4v) is 3.99. The molecule has 0 fully saturated rings. The molecule has 0 unspecified atom stereocenters. The summed E-state index contributed by atoms with van der Waals surface area (Å²) in [5.74, 6) is 1.11. The van der Waals surface area contributed by atoms with Gasteiger partial charge in [0, 0.05) is 17.4 Å². The molecule has 0 spiro atoms. The van der Waals surface area contributed by atoms with Gasteiger partial charge in [0.2, 0.25) is 0 Å². The Hall–Kier alpha value is -1.14. The molecule has 0 saturated heterocycles. The van der Waals surface area contributed by atoms with E-state index in [1.807, 2.05) is 6.07 Å². The maximum Gasteiger partial charge on any atom is 0.148 e. The normalized spacial score (nSPS) is 12.2. The van der Waals surface area contributed by atoms with Crippen LogP contribution in [0.25, 0.3) is 10.9 Å². The van der Waals surface area contributed by atoms with Crippen molar-refractivity contribution in [2.24, 2.45) is 0 Å². The molecule has 4 nitrogen and oxygen atoms in total. The van der Waals surface area contributed by atoms with E-state index in [4.69, 9.17) is 0 Å². The smallest absolute Gasteiger partial charge is 0.148 e. The van der Waals surface area contributed by atoms with Crippen molar-refractivity contribution >= 4 is 32.5 Å². The van der Waals surface area contributed by atoms with Crippen LogP contribution in [-0.4, -0.2) is 36.1 Å². The lowest BCUT2D eigenvalue weighted by atomic mass is 10.0. The molecule has 108 valence electrons. The standard InChI is InChI=1S/C14H18N2O2S2/c1-10(2)11-4-5-13-12(8-11)14(16-9-15-13)19-6-7-20(3,17)18/h4-5,8-10H,6-7H2,1-3H3. The average Bonchev–Trinajstić information content (AvgIpc) is 2.37. The van der Waals surface area contributed by atoms with E-state index in [1.54, 1.807) is 0 Å². The molecule has 0 aliphatic heterocycles. The second kappa shape index (κ2) is 6.10. The van der Waals surface area contributed by atoms with Gasteiger partial charge < -0.3 is 0 Å². The predicted octanol–water partition coefficient (Wildman–Crippen LogP) is 2.89. The Morgan fingerprint density at radius 2 is 2.00 bits per heavy atom. The van der Waals surface area contributed by atoms with Crippen LogP contribution < -0.4 is 0 Å². The number of fused-ring (bicyclic) bond motifs is 1. The van der Waals surface area contributed by atoms with Gasteiger partial charge in [0.05, 0.1) is 11.3 Å². The zero-order valence-electron chi connectivity index (χ0n) is 11.8. The first-order valence-electron chi connectivity index (χ1n) is 6.42. The Morgan fingerprint density at radius 1 is 1.25 bits per heavy atom. The maximum atomic E-state index is 11.2. The molecule has 2 rings (SSSR count). The Labute approximate surface area is 123 Å². The minimum atomic E-state index is -2.93. The third-order valence-electron chi connectivity index (χ3n) is 2.98. The first-order valence-corrected chi connectivity index (χ1v) is 9.46. The van der Waals surface area contributed by atoms with Gasteiger partial charge in [-0.05, 0) is 23.6 Å². The topological polar surface area (TPSA) is 59.9 Å². The number of rotatable bonds is 5. The van der Waals surface area contributed by atoms with Crippen LogP contribution in [0.15, 0.2) is 29.6 Å². The minimum absolute atomic E-state index is 0.160. The molecule has 6 heteroatoms. The highest BCUT2D eigenvalue weighted by Gasteiger charge is 2.09. The van der Waals surface area contributed by atoms with E-state index in [1.165, 1.54) is 29.9 Å². The molecule has 0 aliphatic carbocycles. The van der Waals surface area contributed by atoms with Gasteiger partial charge in [-0.1, -0.05) is 19.9 Å². The number of nitrogens with zero attached hydrogens (tertiary/aromatic N) is 2. The van der Waals surface area contributed by atoms with Crippen LogP contribution in [0, 0.1) is 0 Å². The van der Waals surface area contributed by atoms with Gasteiger partial charge in [-0.15, -0.1) is 11.8 Å². The number of hydrogen-bond donors (Lipinski definition) is 0. The lowest BCUT2D eigenvalue weighted by Crippen LogP contribution is -2.05. The second-order valence-corrected chi connectivity index (χ2v) is 8.43. The van der Waals surface area contributed by atoms with Crippen LogP contribution in [0.1, 0.15) is 25.3 Å². The number of aromatic nitrogens is 2. The Bertz CT molecular complexity index is 712. The van der Waals surface area contributed by atoms with Crippen molar-refractivity contribution in [2.75, 3.05) is 17.8 Å². The molecule has 0 atom stereocenters. The van der Waals surface area contributed by atoms with Crippen LogP contribution in [0.4, 0.5) is 0 Å². The number of hydrogen-bond acceptors (Lipinski definition) is 5. The van der Waals surface area contributed by atoms with Crippen molar-refractivity contribution < 1.29 is 8.42 Å². The van der Waals surface area contributed by atoms with E-state index in [0.717, 1.165) is 15.9 Å². The highest BCUT2D eigenvalue weighted by Crippen LogP contribution is 2.27. The van der Waals surface area contributed by atoms with Crippen LogP contribution in [-0.2, 0) is 9.84 Å². The lowest BCUT2D eigenvalue weighted by Gasteiger charge is -2.09. The van der Waals surface area contributed by atoms with E-state index < -0.39 is 9.84 Å². The number of thioether (sulfide) groups is 1. The summed E-state index contributed by atoms with van der Waals surface area (Å²) in [6.07, 6.45) is 2.78. The van der Waals surface area contributed by atoms with Gasteiger partial charge in [-0.2, -0.15) is 0 Å². The summed E-state index contributed by atoms with van der Waals surface area (Å²) >= 11 is 1.47. The summed E-state index contributed by atoms with van der Waals surface area (Å²) in [5, 5.41) is 1.85. The van der Waals surface area contributed by atoms with Crippen molar-refractivity contribution in [3.63, 3.8) is 0 Å². The van der Waals surface area contributed by atoms with E-state index in [-0.39, 0.29) is 5.75 Å². The predicted molar refractivity (Wildman–Crippen MR) is 84.1 cm³/mol. The fraction of sp³-hybridized carbons (Fsp3) is 0.429. The summed E-state index contributed by atoms with van der Waals surface area (Å²) in [5.41, 5.74) is 2.13. The number of benzene rings is 1. The Morgan fingerprint density at radius 3 is 2.65 bits per heavy atom. The quantitative estimate of drug-likeness (QED) is 0.628. The first-order chi connectivity index (χ1) is 9.37. The van der Waals surface area contributed by atoms with Crippen LogP contribution >= 0.6 is 11.8 Å². The molecule has 1 aromatic heterocycles. The zero-order chi connectivity index (χ0) is 14.8. The molecular weight excluding hydrogens is 292 g/mol. The molecule has 1 heterocycles. The van der Waals surface area contributed by atoms with Gasteiger partial charge in [0.25, 0.3) is 0 Å². The minimum Gasteiger partial charge on any atom is -0.236 e. The monoisotopic (exact) mass is 310 g/mol. The highest BCUT2D eigenvalue weighted by atomic mass is 32.2. The first kappa shape index (κ1) is 15.3. The molecule has 1 aromatic carbocycles. The molecule has 0 saturated carbocycles. The van der Waals surface area contributed by atoms with Gasteiger partial charge >= 0.3 is 0 Å². The van der Waals surface area contributed by atoms with Crippen molar-refractivity contribution in [2.45, 2.75) is 24.8 Å². The molecule has 0 N–H and O–H groups in total. The summed E-state index contributed by atoms with van der Waals surface area (Å²) in [7, 11) is -2.93. The van der Waals surface area contributed by atoms with Crippen LogP contribution in [0.3, 0.4) is 0 Å². The molecule has 0 amide bonds. The summed E-state index contributed by atoms with van der Waals surface area (Å²) in [6, 6.07) is 6.17. The van der Waals surface area contributed by atoms with Crippen molar-refractivity contribution in [1.82, 2.24) is 9.97 Å². The van der Waals surface area contributed by atoms with Crippen LogP contribution in [0.5, 0.6) is 0 Å². The number of sulfone groups is 1. The Balaban J connectivity index is 2.30. The third kappa shape index (κ3) is 3.93. The summed E-state index contributed by atoms with van der Waals surface area (Å²) in [6.45, 7) is 4.28. The molecule has 2 aromatic rings. The van der Waals surface area contributed by atoms with Gasteiger partial charge in [-0.25, -0.2) is 18.4 Å². The van der Waals surface area contributed by atoms with Crippen molar-refractivity contribution in [3.05, 3.63) is 30.1 Å². The second-order valence-electron chi connectivity index (χ2n) is 5.09. The molecule has 0 aliphatic rings. The SMILES string of the molecule is CC(C)c1ccc2ncnc(SCCS(C)(=O)=O)c2c1. The van der Waals surface area contributed by atoms with Gasteiger partial charge in [0.15, 0.2) is 0 Å². The Kier molecular flexibility index (Phi) is 4.65. The molecule has 0 bridgehead atoms. The molecule has 0 radical (unpaired) electrons. The molecule has 20 heavy (non-hydrogen) atoms. The highest BCUT2D eigenvalue weighted by molar-refractivity contribution is 8.00. The fourth-order valence-electron chi connectivity index (χ4n) is 1.81. The van der Waals surface area contributed by atoms with Gasteiger partial charge in [0.1, 0.15) is 21.2 Å².